The third kappa shape index (κ3) is 3.94. The summed E-state index contributed by atoms with van der Waals surface area (Å²) in [6.07, 6.45) is 1.56. The lowest BCUT2D eigenvalue weighted by atomic mass is 9.65. The Morgan fingerprint density at radius 3 is 2.30 bits per heavy atom. The molecular weight excluding hydrogens is 563 g/mol. The summed E-state index contributed by atoms with van der Waals surface area (Å²) in [5.41, 5.74) is -0.525. The largest absolute Gasteiger partial charge is 0.478 e. The highest BCUT2D eigenvalue weighted by Crippen LogP contribution is 2.60. The van der Waals surface area contributed by atoms with Crippen LogP contribution < -0.4 is 0 Å². The molecule has 3 unspecified atom stereocenters. The SMILES string of the molecule is COC(C=O)(OC)C1(C)C(OS(=O)(=O)c2ccc(C)cc2)=C(I)C2C(=C1C(=O)O)CCC2C. The molecule has 0 aromatic heterocycles. The first-order valence-electron chi connectivity index (χ1n) is 10.3. The highest BCUT2D eigenvalue weighted by molar-refractivity contribution is 14.1. The van der Waals surface area contributed by atoms with Crippen LogP contribution in [0, 0.1) is 24.2 Å². The van der Waals surface area contributed by atoms with E-state index in [9.17, 15) is 23.1 Å². The second-order valence-electron chi connectivity index (χ2n) is 8.55. The van der Waals surface area contributed by atoms with Crippen LogP contribution in [0.4, 0.5) is 0 Å². The average Bonchev–Trinajstić information content (AvgIpc) is 3.14. The number of aldehydes is 1. The molecule has 33 heavy (non-hydrogen) atoms. The van der Waals surface area contributed by atoms with Crippen LogP contribution in [0.25, 0.3) is 0 Å². The molecule has 2 aliphatic rings. The van der Waals surface area contributed by atoms with Gasteiger partial charge < -0.3 is 18.8 Å². The van der Waals surface area contributed by atoms with Crippen molar-refractivity contribution in [1.29, 1.82) is 0 Å². The van der Waals surface area contributed by atoms with Crippen molar-refractivity contribution in [3.8, 4) is 0 Å². The number of carboxylic acid groups (broad SMARTS) is 1. The topological polar surface area (TPSA) is 116 Å². The molecule has 0 aliphatic heterocycles. The van der Waals surface area contributed by atoms with Gasteiger partial charge in [-0.1, -0.05) is 30.2 Å². The minimum Gasteiger partial charge on any atom is -0.478 e. The van der Waals surface area contributed by atoms with Crippen LogP contribution in [0.2, 0.25) is 0 Å². The smallest absolute Gasteiger partial charge is 0.338 e. The number of fused-ring (bicyclic) bond motifs is 1. The molecule has 0 spiro atoms. The lowest BCUT2D eigenvalue weighted by molar-refractivity contribution is -0.235. The number of aliphatic carboxylic acids is 1. The fourth-order valence-electron chi connectivity index (χ4n) is 4.92. The molecule has 1 fully saturated rings. The number of allylic oxidation sites excluding steroid dienone is 2. The third-order valence-corrected chi connectivity index (χ3v) is 9.15. The summed E-state index contributed by atoms with van der Waals surface area (Å²) in [7, 11) is -1.96. The zero-order valence-electron chi connectivity index (χ0n) is 19.0. The van der Waals surface area contributed by atoms with E-state index in [1.807, 2.05) is 36.4 Å². The third-order valence-electron chi connectivity index (χ3n) is 6.75. The molecule has 2 aliphatic carbocycles. The maximum atomic E-state index is 13.3. The van der Waals surface area contributed by atoms with Crippen LogP contribution >= 0.6 is 22.6 Å². The normalized spacial score (nSPS) is 25.8. The van der Waals surface area contributed by atoms with Gasteiger partial charge in [-0.05, 0) is 67.3 Å². The summed E-state index contributed by atoms with van der Waals surface area (Å²) in [6, 6.07) is 6.09. The van der Waals surface area contributed by atoms with Gasteiger partial charge in [-0.3, -0.25) is 4.79 Å². The van der Waals surface area contributed by atoms with Gasteiger partial charge in [-0.2, -0.15) is 8.42 Å². The molecule has 8 nitrogen and oxygen atoms in total. The number of halogens is 1. The lowest BCUT2D eigenvalue weighted by Gasteiger charge is -2.47. The van der Waals surface area contributed by atoms with Gasteiger partial charge in [0.05, 0.1) is 5.57 Å². The van der Waals surface area contributed by atoms with Gasteiger partial charge >= 0.3 is 16.1 Å². The molecule has 1 N–H and O–H groups in total. The lowest BCUT2D eigenvalue weighted by Crippen LogP contribution is -2.57. The molecule has 0 amide bonds. The van der Waals surface area contributed by atoms with Gasteiger partial charge in [-0.25, -0.2) is 4.79 Å². The Bertz CT molecular complexity index is 1130. The van der Waals surface area contributed by atoms with E-state index in [-0.39, 0.29) is 28.1 Å². The van der Waals surface area contributed by atoms with Crippen LogP contribution in [-0.4, -0.2) is 45.8 Å². The number of hydrogen-bond acceptors (Lipinski definition) is 7. The van der Waals surface area contributed by atoms with Crippen LogP contribution in [0.1, 0.15) is 32.3 Å². The standard InChI is InChI=1S/C23H27IO8S/c1-13-6-9-15(10-7-13)33(28,29)32-20-19(24)17-14(2)8-11-16(17)18(21(26)27)22(20,3)23(12-25,30-4)31-5/h6-7,9-10,12,14,17H,8,11H2,1-5H3,(H,26,27). The van der Waals surface area contributed by atoms with Crippen LogP contribution in [-0.2, 0) is 33.4 Å². The van der Waals surface area contributed by atoms with Crippen molar-refractivity contribution in [3.05, 3.63) is 50.3 Å². The molecule has 1 saturated carbocycles. The van der Waals surface area contributed by atoms with Gasteiger partial charge in [0.25, 0.3) is 0 Å². The zero-order valence-corrected chi connectivity index (χ0v) is 22.0. The fraction of sp³-hybridized carbons (Fsp3) is 0.478. The minimum atomic E-state index is -4.37. The molecular formula is C23H27IO8S. The van der Waals surface area contributed by atoms with Gasteiger partial charge in [0, 0.05) is 23.7 Å². The van der Waals surface area contributed by atoms with Gasteiger partial charge in [-0.15, -0.1) is 0 Å². The molecule has 10 heteroatoms. The van der Waals surface area contributed by atoms with Crippen LogP contribution in [0.3, 0.4) is 0 Å². The van der Waals surface area contributed by atoms with E-state index >= 15 is 0 Å². The van der Waals surface area contributed by atoms with E-state index in [1.54, 1.807) is 12.1 Å². The summed E-state index contributed by atoms with van der Waals surface area (Å²) in [6.45, 7) is 5.22. The van der Waals surface area contributed by atoms with Crippen molar-refractivity contribution in [3.63, 3.8) is 0 Å². The molecule has 1 aromatic rings. The van der Waals surface area contributed by atoms with Crippen molar-refractivity contribution >= 4 is 45.0 Å². The number of rotatable bonds is 8. The van der Waals surface area contributed by atoms with Crippen LogP contribution in [0.5, 0.6) is 0 Å². The Hall–Kier alpha value is -1.76. The Balaban J connectivity index is 2.33. The highest BCUT2D eigenvalue weighted by Gasteiger charge is 2.63. The number of benzene rings is 1. The van der Waals surface area contributed by atoms with E-state index in [1.165, 1.54) is 33.3 Å². The van der Waals surface area contributed by atoms with E-state index < -0.39 is 27.3 Å². The van der Waals surface area contributed by atoms with Crippen molar-refractivity contribution in [2.75, 3.05) is 14.2 Å². The number of hydrogen-bond donors (Lipinski definition) is 1. The van der Waals surface area contributed by atoms with Gasteiger partial charge in [0.15, 0.2) is 6.29 Å². The summed E-state index contributed by atoms with van der Waals surface area (Å²) in [5, 5.41) is 10.3. The number of aryl methyl sites for hydroxylation is 1. The first-order valence-corrected chi connectivity index (χ1v) is 12.8. The number of ether oxygens (including phenoxy) is 2. The second kappa shape index (κ2) is 9.12. The van der Waals surface area contributed by atoms with E-state index in [0.29, 0.717) is 28.3 Å². The molecule has 3 rings (SSSR count). The number of methoxy groups -OCH3 is 2. The van der Waals surface area contributed by atoms with Crippen molar-refractivity contribution in [2.45, 2.75) is 44.3 Å². The molecule has 0 saturated heterocycles. The Morgan fingerprint density at radius 2 is 1.82 bits per heavy atom. The van der Waals surface area contributed by atoms with Crippen molar-refractivity contribution in [2.24, 2.45) is 17.3 Å². The maximum Gasteiger partial charge on any atom is 0.338 e. The van der Waals surface area contributed by atoms with E-state index in [0.717, 1.165) is 5.56 Å². The molecule has 1 aromatic carbocycles. The number of carboxylic acids is 1. The molecule has 0 bridgehead atoms. The second-order valence-corrected chi connectivity index (χ2v) is 11.3. The Labute approximate surface area is 207 Å². The summed E-state index contributed by atoms with van der Waals surface area (Å²) < 4.78 is 43.7. The van der Waals surface area contributed by atoms with E-state index in [2.05, 4.69) is 0 Å². The predicted octanol–water partition coefficient (Wildman–Crippen LogP) is 3.98. The predicted molar refractivity (Wildman–Crippen MR) is 128 cm³/mol. The monoisotopic (exact) mass is 590 g/mol. The number of carbonyl (C=O) groups excluding carboxylic acids is 1. The molecule has 0 radical (unpaired) electrons. The Kier molecular flexibility index (Phi) is 7.15. The Morgan fingerprint density at radius 1 is 1.24 bits per heavy atom. The summed E-state index contributed by atoms with van der Waals surface area (Å²) in [5.74, 6) is -3.89. The first-order chi connectivity index (χ1) is 15.4. The summed E-state index contributed by atoms with van der Waals surface area (Å²) in [4.78, 5) is 24.9. The quantitative estimate of drug-likeness (QED) is 0.209. The van der Waals surface area contributed by atoms with Crippen molar-refractivity contribution < 1.29 is 36.8 Å². The summed E-state index contributed by atoms with van der Waals surface area (Å²) >= 11 is 2.00. The van der Waals surface area contributed by atoms with Gasteiger partial charge in [0.2, 0.25) is 5.79 Å². The van der Waals surface area contributed by atoms with Gasteiger partial charge in [0.1, 0.15) is 16.1 Å². The van der Waals surface area contributed by atoms with Crippen LogP contribution in [0.15, 0.2) is 49.6 Å². The molecule has 180 valence electrons. The zero-order chi connectivity index (χ0) is 24.8. The first kappa shape index (κ1) is 25.9. The van der Waals surface area contributed by atoms with E-state index in [4.69, 9.17) is 13.7 Å². The highest BCUT2D eigenvalue weighted by atomic mass is 127. The molecule has 3 atom stereocenters. The fourth-order valence-corrected chi connectivity index (χ4v) is 7.75. The molecule has 0 heterocycles. The van der Waals surface area contributed by atoms with Crippen molar-refractivity contribution in [1.82, 2.24) is 0 Å². The maximum absolute atomic E-state index is 13.3. The number of carbonyl (C=O) groups is 2. The average molecular weight is 590 g/mol. The minimum absolute atomic E-state index is 0.0576.